The average molecular weight is 249 g/mol. The first-order valence-corrected chi connectivity index (χ1v) is 5.36. The standard InChI is InChI=1S/C12H12FN3O2/c1-15-6-2-3-10(15)8-14-11-5-4-9(13)7-12(11)16(17)18/h2-7,14H,8H2,1H3. The summed E-state index contributed by atoms with van der Waals surface area (Å²) in [6, 6.07) is 7.27. The number of nitro benzene ring substituents is 1. The van der Waals surface area contributed by atoms with E-state index in [9.17, 15) is 14.5 Å². The molecular weight excluding hydrogens is 237 g/mol. The van der Waals surface area contributed by atoms with Gasteiger partial charge >= 0.3 is 0 Å². The van der Waals surface area contributed by atoms with Gasteiger partial charge in [-0.15, -0.1) is 0 Å². The molecule has 0 bridgehead atoms. The second-order valence-corrected chi connectivity index (χ2v) is 3.88. The van der Waals surface area contributed by atoms with Crippen LogP contribution in [0.4, 0.5) is 15.8 Å². The van der Waals surface area contributed by atoms with Gasteiger partial charge in [0.1, 0.15) is 11.5 Å². The molecule has 94 valence electrons. The lowest BCUT2D eigenvalue weighted by Crippen LogP contribution is -2.06. The van der Waals surface area contributed by atoms with Crippen molar-refractivity contribution < 1.29 is 9.31 Å². The summed E-state index contributed by atoms with van der Waals surface area (Å²) in [6.07, 6.45) is 1.89. The Labute approximate surface area is 103 Å². The van der Waals surface area contributed by atoms with Crippen molar-refractivity contribution in [3.8, 4) is 0 Å². The van der Waals surface area contributed by atoms with Crippen molar-refractivity contribution in [3.63, 3.8) is 0 Å². The molecule has 1 N–H and O–H groups in total. The maximum absolute atomic E-state index is 12.9. The van der Waals surface area contributed by atoms with Crippen LogP contribution in [-0.2, 0) is 13.6 Å². The molecule has 0 spiro atoms. The van der Waals surface area contributed by atoms with Gasteiger partial charge in [-0.05, 0) is 24.3 Å². The Morgan fingerprint density at radius 2 is 2.22 bits per heavy atom. The molecule has 0 aliphatic rings. The number of halogens is 1. The predicted molar refractivity (Wildman–Crippen MR) is 65.8 cm³/mol. The van der Waals surface area contributed by atoms with E-state index in [1.54, 1.807) is 0 Å². The number of benzene rings is 1. The summed E-state index contributed by atoms with van der Waals surface area (Å²) in [7, 11) is 1.89. The topological polar surface area (TPSA) is 60.1 Å². The molecule has 0 fully saturated rings. The first-order valence-electron chi connectivity index (χ1n) is 5.36. The molecule has 1 aromatic heterocycles. The number of nitrogens with zero attached hydrogens (tertiary/aromatic N) is 2. The highest BCUT2D eigenvalue weighted by molar-refractivity contribution is 5.61. The third kappa shape index (κ3) is 2.48. The van der Waals surface area contributed by atoms with Crippen LogP contribution in [-0.4, -0.2) is 9.49 Å². The number of aromatic nitrogens is 1. The van der Waals surface area contributed by atoms with Crippen LogP contribution in [0.5, 0.6) is 0 Å². The lowest BCUT2D eigenvalue weighted by atomic mass is 10.2. The Balaban J connectivity index is 2.19. The van der Waals surface area contributed by atoms with Crippen molar-refractivity contribution >= 4 is 11.4 Å². The van der Waals surface area contributed by atoms with Crippen molar-refractivity contribution in [1.29, 1.82) is 0 Å². The van der Waals surface area contributed by atoms with E-state index in [0.29, 0.717) is 12.2 Å². The van der Waals surface area contributed by atoms with E-state index in [2.05, 4.69) is 5.32 Å². The molecular formula is C12H12FN3O2. The summed E-state index contributed by atoms with van der Waals surface area (Å²) in [5.74, 6) is -0.619. The molecule has 2 aromatic rings. The van der Waals surface area contributed by atoms with Gasteiger partial charge < -0.3 is 9.88 Å². The van der Waals surface area contributed by atoms with Crippen LogP contribution in [0, 0.1) is 15.9 Å². The Morgan fingerprint density at radius 3 is 2.83 bits per heavy atom. The Morgan fingerprint density at radius 1 is 1.44 bits per heavy atom. The number of aryl methyl sites for hydroxylation is 1. The van der Waals surface area contributed by atoms with E-state index in [0.717, 1.165) is 11.8 Å². The molecule has 0 atom stereocenters. The normalized spacial score (nSPS) is 10.3. The van der Waals surface area contributed by atoms with Crippen LogP contribution in [0.1, 0.15) is 5.69 Å². The molecule has 1 aromatic carbocycles. The van der Waals surface area contributed by atoms with Crippen LogP contribution in [0.15, 0.2) is 36.5 Å². The zero-order valence-corrected chi connectivity index (χ0v) is 9.76. The van der Waals surface area contributed by atoms with E-state index in [1.807, 2.05) is 29.9 Å². The lowest BCUT2D eigenvalue weighted by Gasteiger charge is -2.08. The molecule has 2 rings (SSSR count). The second-order valence-electron chi connectivity index (χ2n) is 3.88. The van der Waals surface area contributed by atoms with E-state index in [1.165, 1.54) is 12.1 Å². The van der Waals surface area contributed by atoms with Crippen molar-refractivity contribution in [2.75, 3.05) is 5.32 Å². The smallest absolute Gasteiger partial charge is 0.295 e. The van der Waals surface area contributed by atoms with Crippen molar-refractivity contribution in [1.82, 2.24) is 4.57 Å². The highest BCUT2D eigenvalue weighted by atomic mass is 19.1. The van der Waals surface area contributed by atoms with Gasteiger partial charge in [-0.1, -0.05) is 0 Å². The molecule has 1 heterocycles. The fourth-order valence-corrected chi connectivity index (χ4v) is 1.67. The first-order chi connectivity index (χ1) is 8.58. The fraction of sp³-hybridized carbons (Fsp3) is 0.167. The fourth-order valence-electron chi connectivity index (χ4n) is 1.67. The van der Waals surface area contributed by atoms with Crippen molar-refractivity contribution in [2.45, 2.75) is 6.54 Å². The minimum atomic E-state index is -0.619. The number of anilines is 1. The van der Waals surface area contributed by atoms with Crippen molar-refractivity contribution in [3.05, 3.63) is 58.2 Å². The summed E-state index contributed by atoms with van der Waals surface area (Å²) in [6.45, 7) is 0.440. The molecule has 18 heavy (non-hydrogen) atoms. The van der Waals surface area contributed by atoms with E-state index >= 15 is 0 Å². The van der Waals surface area contributed by atoms with Crippen molar-refractivity contribution in [2.24, 2.45) is 7.05 Å². The quantitative estimate of drug-likeness (QED) is 0.669. The molecule has 0 unspecified atom stereocenters. The van der Waals surface area contributed by atoms with Gasteiger partial charge in [-0.2, -0.15) is 0 Å². The molecule has 6 heteroatoms. The van der Waals surface area contributed by atoms with Gasteiger partial charge in [-0.3, -0.25) is 10.1 Å². The zero-order valence-electron chi connectivity index (χ0n) is 9.76. The first kappa shape index (κ1) is 12.1. The third-order valence-corrected chi connectivity index (χ3v) is 2.67. The van der Waals surface area contributed by atoms with E-state index < -0.39 is 10.7 Å². The molecule has 0 amide bonds. The largest absolute Gasteiger partial charge is 0.374 e. The van der Waals surface area contributed by atoms with Gasteiger partial charge in [-0.25, -0.2) is 4.39 Å². The Hall–Kier alpha value is -2.37. The number of hydrogen-bond acceptors (Lipinski definition) is 3. The van der Waals surface area contributed by atoms with E-state index in [4.69, 9.17) is 0 Å². The SMILES string of the molecule is Cn1cccc1CNc1ccc(F)cc1[N+](=O)[O-]. The number of nitro groups is 1. The molecule has 0 saturated heterocycles. The molecule has 5 nitrogen and oxygen atoms in total. The van der Waals surface area contributed by atoms with Crippen LogP contribution in [0.25, 0.3) is 0 Å². The van der Waals surface area contributed by atoms with Gasteiger partial charge in [0.05, 0.1) is 17.5 Å². The predicted octanol–water partition coefficient (Wildman–Crippen LogP) is 2.68. The number of nitrogens with one attached hydrogen (secondary N) is 1. The van der Waals surface area contributed by atoms with Crippen LogP contribution in [0.2, 0.25) is 0 Å². The highest BCUT2D eigenvalue weighted by Crippen LogP contribution is 2.25. The van der Waals surface area contributed by atoms with E-state index in [-0.39, 0.29) is 5.69 Å². The summed E-state index contributed by atoms with van der Waals surface area (Å²) in [5.41, 5.74) is 1.03. The molecule has 0 saturated carbocycles. The number of rotatable bonds is 4. The maximum Gasteiger partial charge on any atom is 0.295 e. The Kier molecular flexibility index (Phi) is 3.27. The minimum absolute atomic E-state index is 0.260. The minimum Gasteiger partial charge on any atom is -0.374 e. The van der Waals surface area contributed by atoms with Crippen LogP contribution < -0.4 is 5.32 Å². The average Bonchev–Trinajstić information content (AvgIpc) is 2.73. The molecule has 0 aliphatic heterocycles. The lowest BCUT2D eigenvalue weighted by molar-refractivity contribution is -0.384. The van der Waals surface area contributed by atoms with Gasteiger partial charge in [0.2, 0.25) is 0 Å². The summed E-state index contributed by atoms with van der Waals surface area (Å²) < 4.78 is 14.9. The number of hydrogen-bond donors (Lipinski definition) is 1. The molecule has 0 radical (unpaired) electrons. The van der Waals surface area contributed by atoms with Gasteiger partial charge in [0.25, 0.3) is 5.69 Å². The molecule has 0 aliphatic carbocycles. The van der Waals surface area contributed by atoms with Gasteiger partial charge in [0.15, 0.2) is 0 Å². The van der Waals surface area contributed by atoms with Gasteiger partial charge in [0, 0.05) is 18.9 Å². The second kappa shape index (κ2) is 4.87. The maximum atomic E-state index is 12.9. The summed E-state index contributed by atoms with van der Waals surface area (Å²) in [4.78, 5) is 10.2. The zero-order chi connectivity index (χ0) is 13.1. The van der Waals surface area contributed by atoms with Crippen LogP contribution >= 0.6 is 0 Å². The summed E-state index contributed by atoms with van der Waals surface area (Å²) >= 11 is 0. The monoisotopic (exact) mass is 249 g/mol. The highest BCUT2D eigenvalue weighted by Gasteiger charge is 2.14. The summed E-state index contributed by atoms with van der Waals surface area (Å²) in [5, 5.41) is 13.7. The third-order valence-electron chi connectivity index (χ3n) is 2.67. The van der Waals surface area contributed by atoms with Crippen LogP contribution in [0.3, 0.4) is 0 Å². The Bertz CT molecular complexity index is 580.